The van der Waals surface area contributed by atoms with Gasteiger partial charge in [-0.2, -0.15) is 0 Å². The van der Waals surface area contributed by atoms with Gasteiger partial charge in [0.2, 0.25) is 0 Å². The van der Waals surface area contributed by atoms with Crippen LogP contribution in [0.25, 0.3) is 0 Å². The summed E-state index contributed by atoms with van der Waals surface area (Å²) in [5, 5.41) is 0. The summed E-state index contributed by atoms with van der Waals surface area (Å²) in [5.74, 6) is 0.251. The van der Waals surface area contributed by atoms with Crippen LogP contribution in [0.3, 0.4) is 0 Å². The van der Waals surface area contributed by atoms with Gasteiger partial charge in [-0.25, -0.2) is 0 Å². The van der Waals surface area contributed by atoms with Gasteiger partial charge in [-0.15, -0.1) is 0 Å². The van der Waals surface area contributed by atoms with Crippen molar-refractivity contribution in [3.63, 3.8) is 0 Å². The van der Waals surface area contributed by atoms with Crippen LogP contribution in [0.5, 0.6) is 0 Å². The third-order valence-corrected chi connectivity index (χ3v) is 1.31. The smallest absolute Gasteiger partial charge is 0.322 e. The zero-order valence-corrected chi connectivity index (χ0v) is 7.46. The van der Waals surface area contributed by atoms with E-state index in [-0.39, 0.29) is 5.97 Å². The van der Waals surface area contributed by atoms with Gasteiger partial charge in [-0.05, 0) is 19.3 Å². The normalized spacial score (nSPS) is 13.2. The summed E-state index contributed by atoms with van der Waals surface area (Å²) in [5.41, 5.74) is 5.28. The number of nitrogens with two attached hydrogens (primary N) is 1. The monoisotopic (exact) mass is 159 g/mol. The van der Waals surface area contributed by atoms with Gasteiger partial charge >= 0.3 is 5.97 Å². The number of hydrogen-bond acceptors (Lipinski definition) is 3. The van der Waals surface area contributed by atoms with E-state index in [4.69, 9.17) is 10.5 Å². The molecule has 0 aliphatic carbocycles. The van der Waals surface area contributed by atoms with Crippen molar-refractivity contribution in [3.05, 3.63) is 0 Å². The molecule has 0 fully saturated rings. The van der Waals surface area contributed by atoms with Gasteiger partial charge in [0.25, 0.3) is 0 Å². The van der Waals surface area contributed by atoms with Gasteiger partial charge in [-0.3, -0.25) is 4.79 Å². The summed E-state index contributed by atoms with van der Waals surface area (Å²) in [6, 6.07) is -0.498. The summed E-state index contributed by atoms with van der Waals surface area (Å²) in [7, 11) is 0. The Balaban J connectivity index is 3.32. The summed E-state index contributed by atoms with van der Waals surface area (Å²) in [6.07, 6.45) is 0.901. The number of rotatable bonds is 4. The largest absolute Gasteiger partial charge is 0.465 e. The van der Waals surface area contributed by atoms with E-state index in [2.05, 4.69) is 13.8 Å². The Morgan fingerprint density at radius 1 is 1.45 bits per heavy atom. The number of esters is 1. The molecule has 0 aromatic carbocycles. The molecule has 0 saturated carbocycles. The van der Waals surface area contributed by atoms with E-state index in [9.17, 15) is 4.79 Å². The van der Waals surface area contributed by atoms with Crippen LogP contribution < -0.4 is 5.73 Å². The van der Waals surface area contributed by atoms with E-state index in [0.717, 1.165) is 6.42 Å². The Kier molecular flexibility index (Phi) is 4.86. The maximum absolute atomic E-state index is 10.8. The molecular weight excluding hydrogens is 142 g/mol. The van der Waals surface area contributed by atoms with E-state index in [1.54, 1.807) is 6.92 Å². The molecule has 0 aliphatic heterocycles. The van der Waals surface area contributed by atoms with Crippen LogP contribution in [0.4, 0.5) is 0 Å². The fraction of sp³-hybridized carbons (Fsp3) is 0.875. The van der Waals surface area contributed by atoms with Crippen molar-refractivity contribution in [2.24, 2.45) is 11.7 Å². The first-order valence-corrected chi connectivity index (χ1v) is 3.96. The maximum Gasteiger partial charge on any atom is 0.322 e. The third-order valence-electron chi connectivity index (χ3n) is 1.31. The second-order valence-electron chi connectivity index (χ2n) is 3.14. The van der Waals surface area contributed by atoms with E-state index in [0.29, 0.717) is 12.5 Å². The van der Waals surface area contributed by atoms with Gasteiger partial charge in [0.15, 0.2) is 0 Å². The van der Waals surface area contributed by atoms with E-state index in [1.165, 1.54) is 0 Å². The SMILES string of the molecule is CC(C)CCOC(=O)[C@H](C)N. The highest BCUT2D eigenvalue weighted by molar-refractivity contribution is 5.74. The first-order chi connectivity index (χ1) is 5.04. The average Bonchev–Trinajstić information content (AvgIpc) is 1.86. The lowest BCUT2D eigenvalue weighted by Gasteiger charge is -2.07. The minimum absolute atomic E-state index is 0.314. The molecule has 0 rings (SSSR count). The van der Waals surface area contributed by atoms with Crippen LogP contribution in [-0.2, 0) is 9.53 Å². The first kappa shape index (κ1) is 10.4. The Labute approximate surface area is 67.9 Å². The van der Waals surface area contributed by atoms with Crippen molar-refractivity contribution in [2.45, 2.75) is 33.2 Å². The summed E-state index contributed by atoms with van der Waals surface area (Å²) in [4.78, 5) is 10.8. The van der Waals surface area contributed by atoms with Crippen LogP contribution in [0.1, 0.15) is 27.2 Å². The minimum Gasteiger partial charge on any atom is -0.465 e. The zero-order valence-electron chi connectivity index (χ0n) is 7.46. The molecule has 1 atom stereocenters. The molecule has 2 N–H and O–H groups in total. The third kappa shape index (κ3) is 5.85. The second kappa shape index (κ2) is 5.13. The first-order valence-electron chi connectivity index (χ1n) is 3.96. The standard InChI is InChI=1S/C8H17NO2/c1-6(2)4-5-11-8(10)7(3)9/h6-7H,4-5,9H2,1-3H3/t7-/m0/s1. The number of hydrogen-bond donors (Lipinski definition) is 1. The van der Waals surface area contributed by atoms with E-state index < -0.39 is 6.04 Å². The average molecular weight is 159 g/mol. The molecule has 66 valence electrons. The molecule has 0 bridgehead atoms. The molecule has 0 saturated heterocycles. The topological polar surface area (TPSA) is 52.3 Å². The summed E-state index contributed by atoms with van der Waals surface area (Å²) in [6.45, 7) is 6.27. The Hall–Kier alpha value is -0.570. The van der Waals surface area contributed by atoms with Crippen LogP contribution >= 0.6 is 0 Å². The van der Waals surface area contributed by atoms with Crippen molar-refractivity contribution in [1.29, 1.82) is 0 Å². The van der Waals surface area contributed by atoms with Crippen molar-refractivity contribution in [1.82, 2.24) is 0 Å². The van der Waals surface area contributed by atoms with E-state index in [1.807, 2.05) is 0 Å². The quantitative estimate of drug-likeness (QED) is 0.621. The Morgan fingerprint density at radius 3 is 2.36 bits per heavy atom. The van der Waals surface area contributed by atoms with E-state index >= 15 is 0 Å². The zero-order chi connectivity index (χ0) is 8.85. The lowest BCUT2D eigenvalue weighted by molar-refractivity contribution is -0.145. The van der Waals surface area contributed by atoms with Gasteiger partial charge < -0.3 is 10.5 Å². The number of ether oxygens (including phenoxy) is 1. The molecule has 3 heteroatoms. The van der Waals surface area contributed by atoms with Gasteiger partial charge in [0.05, 0.1) is 6.61 Å². The highest BCUT2D eigenvalue weighted by Gasteiger charge is 2.07. The molecule has 0 aromatic heterocycles. The minimum atomic E-state index is -0.498. The lowest BCUT2D eigenvalue weighted by atomic mass is 10.1. The van der Waals surface area contributed by atoms with Crippen molar-refractivity contribution in [2.75, 3.05) is 6.61 Å². The molecule has 11 heavy (non-hydrogen) atoms. The molecule has 0 unspecified atom stereocenters. The molecule has 0 radical (unpaired) electrons. The van der Waals surface area contributed by atoms with Crippen LogP contribution in [0, 0.1) is 5.92 Å². The number of carbonyl (C=O) groups is 1. The molecule has 0 amide bonds. The highest BCUT2D eigenvalue weighted by atomic mass is 16.5. The van der Waals surface area contributed by atoms with Gasteiger partial charge in [0.1, 0.15) is 6.04 Å². The van der Waals surface area contributed by atoms with Crippen molar-refractivity contribution >= 4 is 5.97 Å². The Morgan fingerprint density at radius 2 is 2.00 bits per heavy atom. The predicted octanol–water partition coefficient (Wildman–Crippen LogP) is 0.923. The molecule has 0 spiro atoms. The van der Waals surface area contributed by atoms with Crippen LogP contribution in [-0.4, -0.2) is 18.6 Å². The second-order valence-corrected chi connectivity index (χ2v) is 3.14. The number of carbonyl (C=O) groups excluding carboxylic acids is 1. The molecule has 0 aromatic rings. The molecule has 0 heterocycles. The lowest BCUT2D eigenvalue weighted by Crippen LogP contribution is -2.29. The van der Waals surface area contributed by atoms with Gasteiger partial charge in [-0.1, -0.05) is 13.8 Å². The summed E-state index contributed by atoms with van der Waals surface area (Å²) >= 11 is 0. The summed E-state index contributed by atoms with van der Waals surface area (Å²) < 4.78 is 4.85. The molecular formula is C8H17NO2. The predicted molar refractivity (Wildman–Crippen MR) is 44.1 cm³/mol. The maximum atomic E-state index is 10.8. The van der Waals surface area contributed by atoms with Gasteiger partial charge in [0, 0.05) is 0 Å². The fourth-order valence-electron chi connectivity index (χ4n) is 0.527. The van der Waals surface area contributed by atoms with Crippen molar-refractivity contribution in [3.8, 4) is 0 Å². The Bertz CT molecular complexity index is 121. The fourth-order valence-corrected chi connectivity index (χ4v) is 0.527. The highest BCUT2D eigenvalue weighted by Crippen LogP contribution is 1.99. The van der Waals surface area contributed by atoms with Crippen molar-refractivity contribution < 1.29 is 9.53 Å². The molecule has 3 nitrogen and oxygen atoms in total. The molecule has 0 aliphatic rings. The van der Waals surface area contributed by atoms with Crippen LogP contribution in [0.2, 0.25) is 0 Å². The van der Waals surface area contributed by atoms with Crippen LogP contribution in [0.15, 0.2) is 0 Å².